The van der Waals surface area contributed by atoms with Gasteiger partial charge in [0, 0.05) is 17.3 Å². The first kappa shape index (κ1) is 11.2. The first-order chi connectivity index (χ1) is 7.22. The number of nitrogens with zero attached hydrogens (tertiary/aromatic N) is 1. The molecule has 0 saturated heterocycles. The Balaban J connectivity index is 2.28. The summed E-state index contributed by atoms with van der Waals surface area (Å²) >= 11 is 15.4. The third kappa shape index (κ3) is 2.30. The van der Waals surface area contributed by atoms with Gasteiger partial charge in [-0.1, -0.05) is 56.4 Å². The molecule has 0 aliphatic carbocycles. The summed E-state index contributed by atoms with van der Waals surface area (Å²) in [5, 5.41) is 5.85. The van der Waals surface area contributed by atoms with Crippen LogP contribution in [0.5, 0.6) is 0 Å². The summed E-state index contributed by atoms with van der Waals surface area (Å²) in [5.74, 6) is 0. The molecule has 0 N–H and O–H groups in total. The van der Waals surface area contributed by atoms with Gasteiger partial charge in [0.1, 0.15) is 6.10 Å². The fourth-order valence-electron chi connectivity index (χ4n) is 1.40. The maximum atomic E-state index is 6.08. The highest BCUT2D eigenvalue weighted by Gasteiger charge is 2.23. The van der Waals surface area contributed by atoms with Gasteiger partial charge in [-0.15, -0.1) is 0 Å². The normalized spacial score (nSPS) is 19.9. The molecule has 5 heteroatoms. The fraction of sp³-hybridized carbons (Fsp3) is 0.300. The average Bonchev–Trinajstić information content (AvgIpc) is 2.70. The van der Waals surface area contributed by atoms with Crippen molar-refractivity contribution in [2.24, 2.45) is 5.16 Å². The zero-order chi connectivity index (χ0) is 10.8. The molecule has 2 rings (SSSR count). The third-order valence-electron chi connectivity index (χ3n) is 2.17. The quantitative estimate of drug-likeness (QED) is 0.760. The molecular weight excluding hydrogens is 301 g/mol. The predicted octanol–water partition coefficient (Wildman–Crippen LogP) is 3.88. The lowest BCUT2D eigenvalue weighted by atomic mass is 10.1. The SMILES string of the molecule is Clc1cccc(C2=NO[C@@H](CBr)C2)c1Cl. The molecule has 1 atom stereocenters. The highest BCUT2D eigenvalue weighted by molar-refractivity contribution is 9.09. The molecule has 1 aliphatic rings. The van der Waals surface area contributed by atoms with Crippen LogP contribution in [0.25, 0.3) is 0 Å². The maximum Gasteiger partial charge on any atom is 0.142 e. The van der Waals surface area contributed by atoms with Gasteiger partial charge in [0.25, 0.3) is 0 Å². The number of halogens is 3. The second-order valence-corrected chi connectivity index (χ2v) is 4.66. The number of oxime groups is 1. The van der Waals surface area contributed by atoms with Crippen molar-refractivity contribution in [3.8, 4) is 0 Å². The Bertz CT molecular complexity index is 408. The minimum Gasteiger partial charge on any atom is -0.391 e. The molecule has 15 heavy (non-hydrogen) atoms. The lowest BCUT2D eigenvalue weighted by Crippen LogP contribution is -2.09. The second-order valence-electron chi connectivity index (χ2n) is 3.23. The minimum absolute atomic E-state index is 0.0926. The number of alkyl halides is 1. The lowest BCUT2D eigenvalue weighted by molar-refractivity contribution is 0.104. The monoisotopic (exact) mass is 307 g/mol. The number of hydrogen-bond donors (Lipinski definition) is 0. The van der Waals surface area contributed by atoms with Crippen LogP contribution < -0.4 is 0 Å². The van der Waals surface area contributed by atoms with Crippen LogP contribution in [0.3, 0.4) is 0 Å². The predicted molar refractivity (Wildman–Crippen MR) is 66.3 cm³/mol. The van der Waals surface area contributed by atoms with Crippen LogP contribution in [0.4, 0.5) is 0 Å². The van der Waals surface area contributed by atoms with Gasteiger partial charge in [0.15, 0.2) is 0 Å². The number of rotatable bonds is 2. The lowest BCUT2D eigenvalue weighted by Gasteiger charge is -2.04. The topological polar surface area (TPSA) is 21.6 Å². The highest BCUT2D eigenvalue weighted by atomic mass is 79.9. The van der Waals surface area contributed by atoms with E-state index < -0.39 is 0 Å². The standard InChI is InChI=1S/C10H8BrCl2NO/c11-5-6-4-9(14-15-6)7-2-1-3-8(12)10(7)13/h1-3,6H,4-5H2/t6-/m1/s1. The van der Waals surface area contributed by atoms with Crippen LogP contribution in [0.1, 0.15) is 12.0 Å². The molecule has 0 fully saturated rings. The van der Waals surface area contributed by atoms with Crippen LogP contribution in [-0.2, 0) is 4.84 Å². The molecule has 0 bridgehead atoms. The van der Waals surface area contributed by atoms with Gasteiger partial charge in [-0.05, 0) is 6.07 Å². The van der Waals surface area contributed by atoms with E-state index in [1.165, 1.54) is 0 Å². The van der Waals surface area contributed by atoms with Crippen LogP contribution >= 0.6 is 39.1 Å². The van der Waals surface area contributed by atoms with Crippen molar-refractivity contribution in [2.75, 3.05) is 5.33 Å². The summed E-state index contributed by atoms with van der Waals surface area (Å²) in [6.45, 7) is 0. The average molecular weight is 309 g/mol. The Kier molecular flexibility index (Phi) is 3.54. The van der Waals surface area contributed by atoms with E-state index in [1.54, 1.807) is 6.07 Å². The Morgan fingerprint density at radius 2 is 2.27 bits per heavy atom. The molecule has 2 nitrogen and oxygen atoms in total. The highest BCUT2D eigenvalue weighted by Crippen LogP contribution is 2.29. The Labute approximate surface area is 106 Å². The number of benzene rings is 1. The molecular formula is C10H8BrCl2NO. The van der Waals surface area contributed by atoms with Gasteiger partial charge < -0.3 is 4.84 Å². The summed E-state index contributed by atoms with van der Waals surface area (Å²) in [4.78, 5) is 5.20. The van der Waals surface area contributed by atoms with Crippen molar-refractivity contribution in [1.82, 2.24) is 0 Å². The van der Waals surface area contributed by atoms with Gasteiger partial charge in [-0.25, -0.2) is 0 Å². The zero-order valence-corrected chi connectivity index (χ0v) is 10.8. The van der Waals surface area contributed by atoms with Crippen molar-refractivity contribution in [3.05, 3.63) is 33.8 Å². The maximum absolute atomic E-state index is 6.08. The molecule has 0 radical (unpaired) electrons. The van der Waals surface area contributed by atoms with Crippen molar-refractivity contribution in [3.63, 3.8) is 0 Å². The van der Waals surface area contributed by atoms with Crippen molar-refractivity contribution in [1.29, 1.82) is 0 Å². The van der Waals surface area contributed by atoms with Crippen molar-refractivity contribution < 1.29 is 4.84 Å². The molecule has 1 aliphatic heterocycles. The summed E-state index contributed by atoms with van der Waals surface area (Å²) in [5.41, 5.74) is 1.71. The summed E-state index contributed by atoms with van der Waals surface area (Å²) in [7, 11) is 0. The Morgan fingerprint density at radius 1 is 1.47 bits per heavy atom. The molecule has 1 aromatic rings. The van der Waals surface area contributed by atoms with Gasteiger partial charge in [-0.2, -0.15) is 0 Å². The van der Waals surface area contributed by atoms with E-state index in [0.717, 1.165) is 23.0 Å². The Hall–Kier alpha value is -0.250. The molecule has 0 spiro atoms. The molecule has 0 unspecified atom stereocenters. The molecule has 0 saturated carbocycles. The van der Waals surface area contributed by atoms with Crippen LogP contribution in [-0.4, -0.2) is 17.1 Å². The summed E-state index contributed by atoms with van der Waals surface area (Å²) in [6, 6.07) is 5.51. The number of hydrogen-bond acceptors (Lipinski definition) is 2. The van der Waals surface area contributed by atoms with Crippen LogP contribution in [0, 0.1) is 0 Å². The van der Waals surface area contributed by atoms with Gasteiger partial charge >= 0.3 is 0 Å². The van der Waals surface area contributed by atoms with Crippen LogP contribution in [0.2, 0.25) is 10.0 Å². The van der Waals surface area contributed by atoms with Gasteiger partial charge in [0.05, 0.1) is 15.8 Å². The molecule has 80 valence electrons. The molecule has 0 amide bonds. The molecule has 1 heterocycles. The fourth-order valence-corrected chi connectivity index (χ4v) is 2.15. The molecule has 1 aromatic carbocycles. The largest absolute Gasteiger partial charge is 0.391 e. The summed E-state index contributed by atoms with van der Waals surface area (Å²) < 4.78 is 0. The molecule has 0 aromatic heterocycles. The van der Waals surface area contributed by atoms with E-state index in [2.05, 4.69) is 21.1 Å². The first-order valence-electron chi connectivity index (χ1n) is 4.45. The van der Waals surface area contributed by atoms with Crippen molar-refractivity contribution in [2.45, 2.75) is 12.5 Å². The minimum atomic E-state index is 0.0926. The van der Waals surface area contributed by atoms with Crippen LogP contribution in [0.15, 0.2) is 23.4 Å². The third-order valence-corrected chi connectivity index (χ3v) is 3.71. The van der Waals surface area contributed by atoms with E-state index in [0.29, 0.717) is 10.0 Å². The van der Waals surface area contributed by atoms with E-state index in [4.69, 9.17) is 28.0 Å². The van der Waals surface area contributed by atoms with Crippen molar-refractivity contribution >= 4 is 44.8 Å². The Morgan fingerprint density at radius 3 is 2.93 bits per heavy atom. The smallest absolute Gasteiger partial charge is 0.142 e. The van der Waals surface area contributed by atoms with E-state index in [9.17, 15) is 0 Å². The van der Waals surface area contributed by atoms with Gasteiger partial charge in [0.2, 0.25) is 0 Å². The van der Waals surface area contributed by atoms with E-state index in [1.807, 2.05) is 12.1 Å². The summed E-state index contributed by atoms with van der Waals surface area (Å²) in [6.07, 6.45) is 0.848. The zero-order valence-electron chi connectivity index (χ0n) is 7.71. The van der Waals surface area contributed by atoms with E-state index >= 15 is 0 Å². The van der Waals surface area contributed by atoms with Gasteiger partial charge in [-0.3, -0.25) is 0 Å². The second kappa shape index (κ2) is 4.73. The van der Waals surface area contributed by atoms with E-state index in [-0.39, 0.29) is 6.10 Å². The first-order valence-corrected chi connectivity index (χ1v) is 6.33.